The van der Waals surface area contributed by atoms with E-state index in [1.807, 2.05) is 26.0 Å². The first-order chi connectivity index (χ1) is 12.4. The number of rotatable bonds is 8. The van der Waals surface area contributed by atoms with Crippen LogP contribution < -0.4 is 5.32 Å². The first-order valence-corrected chi connectivity index (χ1v) is 8.59. The van der Waals surface area contributed by atoms with Crippen LogP contribution in [-0.4, -0.2) is 42.7 Å². The van der Waals surface area contributed by atoms with Crippen LogP contribution in [0.5, 0.6) is 0 Å². The average Bonchev–Trinajstić information content (AvgIpc) is 2.64. The predicted molar refractivity (Wildman–Crippen MR) is 99.3 cm³/mol. The van der Waals surface area contributed by atoms with Crippen LogP contribution in [-0.2, 0) is 16.7 Å². The molecular weight excluding hydrogens is 333 g/mol. The molecule has 2 amide bonds. The molecule has 2 rings (SSSR count). The van der Waals surface area contributed by atoms with Crippen LogP contribution in [0.3, 0.4) is 0 Å². The molecule has 1 aromatic carbocycles. The van der Waals surface area contributed by atoms with Gasteiger partial charge in [-0.05, 0) is 23.3 Å². The summed E-state index contributed by atoms with van der Waals surface area (Å²) in [6.07, 6.45) is 3.43. The SMILES string of the molecule is COCCN(Cc1cccnc1)C(=O)NCC(C)(C)c1ccccc1F. The van der Waals surface area contributed by atoms with E-state index in [2.05, 4.69) is 10.3 Å². The molecule has 1 heterocycles. The lowest BCUT2D eigenvalue weighted by atomic mass is 9.84. The van der Waals surface area contributed by atoms with Crippen LogP contribution in [0.1, 0.15) is 25.0 Å². The van der Waals surface area contributed by atoms with Crippen LogP contribution in [0.2, 0.25) is 0 Å². The van der Waals surface area contributed by atoms with Crippen molar-refractivity contribution >= 4 is 6.03 Å². The summed E-state index contributed by atoms with van der Waals surface area (Å²) < 4.78 is 19.2. The van der Waals surface area contributed by atoms with Crippen LogP contribution in [0.4, 0.5) is 9.18 Å². The fraction of sp³-hybridized carbons (Fsp3) is 0.400. The molecule has 0 atom stereocenters. The van der Waals surface area contributed by atoms with Crippen molar-refractivity contribution in [1.29, 1.82) is 0 Å². The summed E-state index contributed by atoms with van der Waals surface area (Å²) in [5, 5.41) is 2.92. The van der Waals surface area contributed by atoms with Gasteiger partial charge in [0.25, 0.3) is 0 Å². The summed E-state index contributed by atoms with van der Waals surface area (Å²) in [5.74, 6) is -0.265. The van der Waals surface area contributed by atoms with E-state index in [0.717, 1.165) is 5.56 Å². The van der Waals surface area contributed by atoms with Gasteiger partial charge in [-0.3, -0.25) is 4.98 Å². The zero-order chi connectivity index (χ0) is 19.0. The molecular formula is C20H26FN3O2. The molecule has 2 aromatic rings. The number of urea groups is 1. The molecule has 0 aliphatic carbocycles. The third-order valence-electron chi connectivity index (χ3n) is 4.23. The largest absolute Gasteiger partial charge is 0.383 e. The summed E-state index contributed by atoms with van der Waals surface area (Å²) in [6, 6.07) is 10.2. The normalized spacial score (nSPS) is 11.2. The highest BCUT2D eigenvalue weighted by Crippen LogP contribution is 2.24. The number of aromatic nitrogens is 1. The number of carbonyl (C=O) groups is 1. The number of ether oxygens (including phenoxy) is 1. The third kappa shape index (κ3) is 5.52. The second-order valence-corrected chi connectivity index (χ2v) is 6.80. The molecule has 0 saturated carbocycles. The van der Waals surface area contributed by atoms with Crippen molar-refractivity contribution < 1.29 is 13.9 Å². The van der Waals surface area contributed by atoms with Gasteiger partial charge in [0.15, 0.2) is 0 Å². The molecule has 0 saturated heterocycles. The lowest BCUT2D eigenvalue weighted by molar-refractivity contribution is 0.145. The Balaban J connectivity index is 2.03. The van der Waals surface area contributed by atoms with Gasteiger partial charge >= 0.3 is 6.03 Å². The van der Waals surface area contributed by atoms with Gasteiger partial charge in [-0.1, -0.05) is 38.1 Å². The zero-order valence-corrected chi connectivity index (χ0v) is 15.5. The Bertz CT molecular complexity index is 707. The summed E-state index contributed by atoms with van der Waals surface area (Å²) >= 11 is 0. The van der Waals surface area contributed by atoms with Gasteiger partial charge in [-0.25, -0.2) is 9.18 Å². The van der Waals surface area contributed by atoms with Crippen molar-refractivity contribution in [2.24, 2.45) is 0 Å². The zero-order valence-electron chi connectivity index (χ0n) is 15.5. The van der Waals surface area contributed by atoms with E-state index in [9.17, 15) is 9.18 Å². The Morgan fingerprint density at radius 3 is 2.69 bits per heavy atom. The Kier molecular flexibility index (Phi) is 7.09. The number of halogens is 1. The van der Waals surface area contributed by atoms with E-state index in [1.54, 1.807) is 42.6 Å². The van der Waals surface area contributed by atoms with E-state index in [0.29, 0.717) is 31.8 Å². The maximum atomic E-state index is 14.1. The van der Waals surface area contributed by atoms with Gasteiger partial charge in [0, 0.05) is 44.6 Å². The summed E-state index contributed by atoms with van der Waals surface area (Å²) in [4.78, 5) is 18.4. The van der Waals surface area contributed by atoms with E-state index in [1.165, 1.54) is 6.07 Å². The van der Waals surface area contributed by atoms with Crippen molar-refractivity contribution in [1.82, 2.24) is 15.2 Å². The summed E-state index contributed by atoms with van der Waals surface area (Å²) in [5.41, 5.74) is 0.991. The molecule has 140 valence electrons. The molecule has 0 radical (unpaired) electrons. The average molecular weight is 359 g/mol. The number of carbonyl (C=O) groups excluding carboxylic acids is 1. The van der Waals surface area contributed by atoms with Crippen molar-refractivity contribution in [3.63, 3.8) is 0 Å². The van der Waals surface area contributed by atoms with Gasteiger partial charge in [-0.2, -0.15) is 0 Å². The lowest BCUT2D eigenvalue weighted by Gasteiger charge is -2.29. The first-order valence-electron chi connectivity index (χ1n) is 8.59. The molecule has 0 aliphatic heterocycles. The minimum absolute atomic E-state index is 0.213. The van der Waals surface area contributed by atoms with Crippen LogP contribution in [0.25, 0.3) is 0 Å². The lowest BCUT2D eigenvalue weighted by Crippen LogP contribution is -2.45. The quantitative estimate of drug-likeness (QED) is 0.786. The highest BCUT2D eigenvalue weighted by Gasteiger charge is 2.25. The second-order valence-electron chi connectivity index (χ2n) is 6.80. The van der Waals surface area contributed by atoms with Crippen LogP contribution in [0, 0.1) is 5.82 Å². The Morgan fingerprint density at radius 2 is 2.04 bits per heavy atom. The van der Waals surface area contributed by atoms with Crippen molar-refractivity contribution in [2.45, 2.75) is 25.8 Å². The summed E-state index contributed by atoms with van der Waals surface area (Å²) in [7, 11) is 1.60. The van der Waals surface area contributed by atoms with Gasteiger partial charge in [0.1, 0.15) is 5.82 Å². The number of nitrogens with zero attached hydrogens (tertiary/aromatic N) is 2. The van der Waals surface area contributed by atoms with Crippen molar-refractivity contribution in [3.05, 3.63) is 65.7 Å². The van der Waals surface area contributed by atoms with Crippen molar-refractivity contribution in [2.75, 3.05) is 26.8 Å². The second kappa shape index (κ2) is 9.29. The van der Waals surface area contributed by atoms with E-state index >= 15 is 0 Å². The first kappa shape index (κ1) is 19.8. The summed E-state index contributed by atoms with van der Waals surface area (Å²) in [6.45, 7) is 5.47. The molecule has 1 aromatic heterocycles. The monoisotopic (exact) mass is 359 g/mol. The van der Waals surface area contributed by atoms with Crippen molar-refractivity contribution in [3.8, 4) is 0 Å². The van der Waals surface area contributed by atoms with Crippen LogP contribution in [0.15, 0.2) is 48.8 Å². The number of hydrogen-bond acceptors (Lipinski definition) is 3. The number of hydrogen-bond donors (Lipinski definition) is 1. The minimum atomic E-state index is -0.526. The van der Waals surface area contributed by atoms with Gasteiger partial charge in [0.2, 0.25) is 0 Å². The van der Waals surface area contributed by atoms with E-state index < -0.39 is 5.41 Å². The molecule has 6 heteroatoms. The number of pyridine rings is 1. The molecule has 0 fully saturated rings. The maximum Gasteiger partial charge on any atom is 0.317 e. The predicted octanol–water partition coefficient (Wildman–Crippen LogP) is 3.36. The van der Waals surface area contributed by atoms with Gasteiger partial charge < -0.3 is 15.0 Å². The minimum Gasteiger partial charge on any atom is -0.383 e. The number of amides is 2. The molecule has 5 nitrogen and oxygen atoms in total. The Morgan fingerprint density at radius 1 is 1.27 bits per heavy atom. The smallest absolute Gasteiger partial charge is 0.317 e. The molecule has 1 N–H and O–H groups in total. The Labute approximate surface area is 154 Å². The number of methoxy groups -OCH3 is 1. The Hall–Kier alpha value is -2.47. The van der Waals surface area contributed by atoms with Crippen LogP contribution >= 0.6 is 0 Å². The molecule has 0 unspecified atom stereocenters. The third-order valence-corrected chi connectivity index (χ3v) is 4.23. The highest BCUT2D eigenvalue weighted by molar-refractivity contribution is 5.74. The van der Waals surface area contributed by atoms with Gasteiger partial charge in [0.05, 0.1) is 6.61 Å². The fourth-order valence-corrected chi connectivity index (χ4v) is 2.68. The van der Waals surface area contributed by atoms with E-state index in [-0.39, 0.29) is 11.8 Å². The topological polar surface area (TPSA) is 54.5 Å². The molecule has 26 heavy (non-hydrogen) atoms. The van der Waals surface area contributed by atoms with Gasteiger partial charge in [-0.15, -0.1) is 0 Å². The number of nitrogens with one attached hydrogen (secondary N) is 1. The molecule has 0 bridgehead atoms. The standard InChI is InChI=1S/C20H26FN3O2/c1-20(2,17-8-4-5-9-18(17)21)15-23-19(25)24(11-12-26-3)14-16-7-6-10-22-13-16/h4-10,13H,11-12,14-15H2,1-3H3,(H,23,25). The number of benzene rings is 1. The fourth-order valence-electron chi connectivity index (χ4n) is 2.68. The molecule has 0 spiro atoms. The highest BCUT2D eigenvalue weighted by atomic mass is 19.1. The maximum absolute atomic E-state index is 14.1. The molecule has 0 aliphatic rings. The van der Waals surface area contributed by atoms with E-state index in [4.69, 9.17) is 4.74 Å².